The second kappa shape index (κ2) is 15.2. The highest BCUT2D eigenvalue weighted by molar-refractivity contribution is 5.24. The SMILES string of the molecule is OC(F)(C(F)(F)F)C(F)(F)C(F)(F)C(F)(F)C(F)(F)C(F)(F)C(F)(F)C(F)(F)C(F)(F)C(F)(F)C(F)(F)C(F)(F)C(F)(F)C(F)(F)C(F)(F)C(F)(F)C(F)(F)C(F)(F)C(F)(F)C(F)(F)C(F)(F)F. The van der Waals surface area contributed by atoms with Crippen molar-refractivity contribution in [3.8, 4) is 0 Å². The van der Waals surface area contributed by atoms with E-state index in [0.29, 0.717) is 0 Å². The molecule has 410 valence electrons. The lowest BCUT2D eigenvalue weighted by Gasteiger charge is -2.47. The lowest BCUT2D eigenvalue weighted by molar-refractivity contribution is -0.499. The maximum Gasteiger partial charge on any atom is 0.460 e. The molecule has 0 fully saturated rings. The summed E-state index contributed by atoms with van der Waals surface area (Å²) in [5, 5.41) is 7.81. The fraction of sp³-hybridized carbons (Fsp3) is 1.00. The summed E-state index contributed by atoms with van der Waals surface area (Å²) in [5.41, 5.74) is 0. The molecule has 0 amide bonds. The van der Waals surface area contributed by atoms with Crippen molar-refractivity contribution in [3.05, 3.63) is 0 Å². The number of hydrogen-bond acceptors (Lipinski definition) is 1. The molecule has 0 radical (unpaired) electrons. The Morgan fingerprint density at radius 1 is 0.118 bits per heavy atom. The third-order valence-electron chi connectivity index (χ3n) is 8.25. The van der Waals surface area contributed by atoms with Crippen LogP contribution < -0.4 is 0 Å². The normalized spacial score (nSPS) is 18.3. The quantitative estimate of drug-likeness (QED) is 0.128. The summed E-state index contributed by atoms with van der Waals surface area (Å²) in [5.74, 6) is -205. The molecule has 0 aromatic heterocycles. The van der Waals surface area contributed by atoms with Gasteiger partial charge >= 0.3 is 131 Å². The van der Waals surface area contributed by atoms with Gasteiger partial charge < -0.3 is 5.11 Å². The second-order valence-corrected chi connectivity index (χ2v) is 12.5. The highest BCUT2D eigenvalue weighted by atomic mass is 19.5. The lowest BCUT2D eigenvalue weighted by Crippen LogP contribution is -2.81. The van der Waals surface area contributed by atoms with Gasteiger partial charge in [-0.05, 0) is 0 Å². The molecule has 0 spiro atoms. The molecule has 0 saturated heterocycles. The summed E-state index contributed by atoms with van der Waals surface area (Å²) < 4.78 is 607. The Balaban J connectivity index is 8.09. The maximum atomic E-state index is 14.0. The van der Waals surface area contributed by atoms with Gasteiger partial charge in [0.2, 0.25) is 0 Å². The van der Waals surface area contributed by atoms with Crippen molar-refractivity contribution in [2.45, 2.75) is 131 Å². The Hall–Kier alpha value is -3.19. The molecule has 1 atom stereocenters. The Morgan fingerprint density at radius 2 is 0.206 bits per heavy atom. The highest BCUT2D eigenvalue weighted by Gasteiger charge is 3.04. The van der Waals surface area contributed by atoms with Gasteiger partial charge in [0.1, 0.15) is 0 Å². The third-order valence-corrected chi connectivity index (χ3v) is 8.25. The van der Waals surface area contributed by atoms with Crippen molar-refractivity contribution in [2.75, 3.05) is 0 Å². The van der Waals surface area contributed by atoms with Gasteiger partial charge in [0.25, 0.3) is 0 Å². The molecule has 0 rings (SSSR count). The summed E-state index contributed by atoms with van der Waals surface area (Å²) in [6, 6.07) is 0. The van der Waals surface area contributed by atoms with Crippen LogP contribution >= 0.6 is 0 Å². The van der Waals surface area contributed by atoms with Crippen LogP contribution in [-0.2, 0) is 0 Å². The number of halogens is 45. The van der Waals surface area contributed by atoms with Crippen molar-refractivity contribution in [1.82, 2.24) is 0 Å². The van der Waals surface area contributed by atoms with Crippen LogP contribution in [0.4, 0.5) is 198 Å². The molecule has 1 N–H and O–H groups in total. The first kappa shape index (κ1) is 64.8. The standard InChI is InChI=1S/C22HF45O/c23-1(24,3(27,28)5(31,32)7(35,36)9(39,40)11(43,44)13(47,48)15(51,52)17(55,56)19(59,60)21(62,63)64)2(25,26)4(29,30)6(33,34)8(37,38)10(41,42)12(45,46)14(49,50)16(53,54)18(57,58)20(61,68)22(65,66)67/h68H. The van der Waals surface area contributed by atoms with E-state index >= 15 is 0 Å². The van der Waals surface area contributed by atoms with Gasteiger partial charge in [-0.15, -0.1) is 0 Å². The first-order chi connectivity index (χ1) is 28.2. The Labute approximate surface area is 335 Å². The second-order valence-electron chi connectivity index (χ2n) is 12.5. The number of alkyl halides is 45. The van der Waals surface area contributed by atoms with Crippen LogP contribution in [0.25, 0.3) is 0 Å². The molecule has 0 heterocycles. The van der Waals surface area contributed by atoms with Gasteiger partial charge in [0.05, 0.1) is 0 Å². The predicted molar refractivity (Wildman–Crippen MR) is 112 cm³/mol. The van der Waals surface area contributed by atoms with Crippen molar-refractivity contribution in [1.29, 1.82) is 0 Å². The fourth-order valence-corrected chi connectivity index (χ4v) is 3.92. The molecule has 0 aliphatic carbocycles. The van der Waals surface area contributed by atoms with E-state index in [2.05, 4.69) is 0 Å². The van der Waals surface area contributed by atoms with E-state index in [0.717, 1.165) is 0 Å². The summed E-state index contributed by atoms with van der Waals surface area (Å²) in [4.78, 5) is 0. The third kappa shape index (κ3) is 6.95. The van der Waals surface area contributed by atoms with Gasteiger partial charge in [-0.1, -0.05) is 0 Å². The van der Waals surface area contributed by atoms with Crippen LogP contribution in [0.15, 0.2) is 0 Å². The zero-order valence-corrected chi connectivity index (χ0v) is 28.5. The highest BCUT2D eigenvalue weighted by Crippen LogP contribution is 2.72. The molecular formula is C22HF45O. The summed E-state index contributed by atoms with van der Waals surface area (Å²) in [7, 11) is 0. The molecule has 68 heavy (non-hydrogen) atoms. The van der Waals surface area contributed by atoms with Crippen molar-refractivity contribution in [2.24, 2.45) is 0 Å². The molecule has 0 aromatic rings. The van der Waals surface area contributed by atoms with E-state index < -0.39 is 131 Å². The Kier molecular flexibility index (Phi) is 14.5. The zero-order valence-electron chi connectivity index (χ0n) is 28.5. The summed E-state index contributed by atoms with van der Waals surface area (Å²) in [6.07, 6.45) is -16.9. The molecule has 1 unspecified atom stereocenters. The van der Waals surface area contributed by atoms with Crippen LogP contribution in [0.3, 0.4) is 0 Å². The number of rotatable bonds is 19. The molecule has 0 aliphatic heterocycles. The summed E-state index contributed by atoms with van der Waals surface area (Å²) >= 11 is 0. The predicted octanol–water partition coefficient (Wildman–Crippen LogP) is 13.8. The molecule has 46 heteroatoms. The number of hydrogen-bond donors (Lipinski definition) is 1. The van der Waals surface area contributed by atoms with Crippen molar-refractivity contribution >= 4 is 0 Å². The number of aliphatic hydroxyl groups is 1. The lowest BCUT2D eigenvalue weighted by atomic mass is 9.81. The van der Waals surface area contributed by atoms with Gasteiger partial charge in [-0.2, -0.15) is 198 Å². The van der Waals surface area contributed by atoms with Gasteiger partial charge in [-0.3, -0.25) is 0 Å². The smallest absolute Gasteiger partial charge is 0.350 e. The van der Waals surface area contributed by atoms with Crippen LogP contribution in [-0.4, -0.2) is 136 Å². The molecule has 0 aliphatic rings. The topological polar surface area (TPSA) is 20.2 Å². The van der Waals surface area contributed by atoms with Crippen molar-refractivity contribution in [3.63, 3.8) is 0 Å². The molecule has 1 nitrogen and oxygen atoms in total. The van der Waals surface area contributed by atoms with E-state index in [4.69, 9.17) is 5.11 Å². The van der Waals surface area contributed by atoms with E-state index in [1.807, 2.05) is 0 Å². The maximum absolute atomic E-state index is 14.0. The Bertz CT molecular complexity index is 1700. The average Bonchev–Trinajstić information content (AvgIpc) is 3.08. The van der Waals surface area contributed by atoms with Crippen LogP contribution in [0.5, 0.6) is 0 Å². The Morgan fingerprint density at radius 3 is 0.294 bits per heavy atom. The van der Waals surface area contributed by atoms with E-state index in [9.17, 15) is 198 Å². The van der Waals surface area contributed by atoms with Crippen LogP contribution in [0.2, 0.25) is 0 Å². The van der Waals surface area contributed by atoms with E-state index in [1.54, 1.807) is 0 Å². The summed E-state index contributed by atoms with van der Waals surface area (Å²) in [6.45, 7) is 0. The van der Waals surface area contributed by atoms with E-state index in [1.165, 1.54) is 0 Å². The van der Waals surface area contributed by atoms with Crippen molar-refractivity contribution < 1.29 is 203 Å². The minimum absolute atomic E-state index is 7.81. The van der Waals surface area contributed by atoms with Gasteiger partial charge in [-0.25, -0.2) is 0 Å². The zero-order chi connectivity index (χ0) is 57.0. The molecular weight excluding hydrogens is 1140 g/mol. The first-order valence-corrected chi connectivity index (χ1v) is 14.0. The van der Waals surface area contributed by atoms with Gasteiger partial charge in [0.15, 0.2) is 0 Å². The molecule has 0 bridgehead atoms. The average molecular weight is 1140 g/mol. The largest absolute Gasteiger partial charge is 0.460 e. The molecule has 0 saturated carbocycles. The van der Waals surface area contributed by atoms with Crippen LogP contribution in [0, 0.1) is 0 Å². The fourth-order valence-electron chi connectivity index (χ4n) is 3.92. The first-order valence-electron chi connectivity index (χ1n) is 14.0. The van der Waals surface area contributed by atoms with E-state index in [-0.39, 0.29) is 0 Å². The van der Waals surface area contributed by atoms with Crippen LogP contribution in [0.1, 0.15) is 0 Å². The monoisotopic (exact) mass is 1140 g/mol. The van der Waals surface area contributed by atoms with Gasteiger partial charge in [0, 0.05) is 0 Å². The minimum atomic E-state index is -10.8. The minimum Gasteiger partial charge on any atom is -0.350 e. The molecule has 0 aromatic carbocycles.